The predicted molar refractivity (Wildman–Crippen MR) is 124 cm³/mol. The zero-order chi connectivity index (χ0) is 23.0. The second-order valence-electron chi connectivity index (χ2n) is 8.23. The van der Waals surface area contributed by atoms with Crippen LogP contribution in [0, 0.1) is 5.92 Å². The van der Waals surface area contributed by atoms with Gasteiger partial charge in [-0.3, -0.25) is 9.59 Å². The summed E-state index contributed by atoms with van der Waals surface area (Å²) >= 11 is 0. The van der Waals surface area contributed by atoms with E-state index >= 15 is 0 Å². The van der Waals surface area contributed by atoms with Crippen LogP contribution in [0.4, 0.5) is 0 Å². The van der Waals surface area contributed by atoms with E-state index in [1.165, 1.54) is 6.33 Å². The quantitative estimate of drug-likeness (QED) is 0.573. The molecule has 2 amide bonds. The summed E-state index contributed by atoms with van der Waals surface area (Å²) in [5, 5.41) is 7.24. The Morgan fingerprint density at radius 1 is 1.09 bits per heavy atom. The van der Waals surface area contributed by atoms with Crippen LogP contribution in [0.3, 0.4) is 0 Å². The molecule has 1 unspecified atom stereocenters. The van der Waals surface area contributed by atoms with E-state index in [-0.39, 0.29) is 23.8 Å². The highest BCUT2D eigenvalue weighted by molar-refractivity contribution is 5.80. The Labute approximate surface area is 193 Å². The molecule has 8 nitrogen and oxygen atoms in total. The molecule has 1 atom stereocenters. The highest BCUT2D eigenvalue weighted by Crippen LogP contribution is 2.21. The van der Waals surface area contributed by atoms with Gasteiger partial charge in [0.1, 0.15) is 18.4 Å². The summed E-state index contributed by atoms with van der Waals surface area (Å²) < 4.78 is 7.31. The van der Waals surface area contributed by atoms with E-state index in [1.807, 2.05) is 66.4 Å². The average molecular weight is 448 g/mol. The number of para-hydroxylation sites is 1. The Morgan fingerprint density at radius 3 is 2.48 bits per heavy atom. The number of nitrogens with zero attached hydrogens (tertiary/aromatic N) is 4. The summed E-state index contributed by atoms with van der Waals surface area (Å²) in [6.45, 7) is 3.54. The van der Waals surface area contributed by atoms with Gasteiger partial charge >= 0.3 is 0 Å². The largest absolute Gasteiger partial charge is 0.493 e. The van der Waals surface area contributed by atoms with Gasteiger partial charge in [-0.05, 0) is 49.6 Å². The Hall–Kier alpha value is -3.68. The topological polar surface area (TPSA) is 89.4 Å². The molecule has 8 heteroatoms. The molecule has 1 saturated heterocycles. The molecule has 1 aromatic heterocycles. The minimum atomic E-state index is -0.0999. The molecule has 1 aliphatic heterocycles. The first-order chi connectivity index (χ1) is 16.1. The highest BCUT2D eigenvalue weighted by Gasteiger charge is 2.28. The molecule has 0 aliphatic carbocycles. The first-order valence-corrected chi connectivity index (χ1v) is 11.3. The van der Waals surface area contributed by atoms with Crippen molar-refractivity contribution in [1.29, 1.82) is 0 Å². The fourth-order valence-corrected chi connectivity index (χ4v) is 3.99. The number of likely N-dealkylation sites (tertiary alicyclic amines) is 1. The highest BCUT2D eigenvalue weighted by atomic mass is 16.5. The lowest BCUT2D eigenvalue weighted by molar-refractivity contribution is -0.136. The first kappa shape index (κ1) is 22.5. The van der Waals surface area contributed by atoms with Crippen LogP contribution in [0.15, 0.2) is 67.3 Å². The molecular weight excluding hydrogens is 418 g/mol. The molecule has 1 aliphatic rings. The maximum Gasteiger partial charge on any atom is 0.225 e. The second-order valence-corrected chi connectivity index (χ2v) is 8.23. The molecule has 0 radical (unpaired) electrons. The van der Waals surface area contributed by atoms with Crippen molar-refractivity contribution in [2.75, 3.05) is 19.7 Å². The van der Waals surface area contributed by atoms with E-state index in [4.69, 9.17) is 4.74 Å². The number of piperidine rings is 1. The minimum Gasteiger partial charge on any atom is -0.493 e. The number of amides is 2. The van der Waals surface area contributed by atoms with Gasteiger partial charge in [0.05, 0.1) is 24.8 Å². The van der Waals surface area contributed by atoms with Crippen molar-refractivity contribution >= 4 is 11.8 Å². The van der Waals surface area contributed by atoms with Crippen LogP contribution in [-0.4, -0.2) is 51.2 Å². The van der Waals surface area contributed by atoms with Gasteiger partial charge in [0, 0.05) is 19.0 Å². The van der Waals surface area contributed by atoms with E-state index in [0.29, 0.717) is 39.0 Å². The molecular formula is C25H29N5O3. The van der Waals surface area contributed by atoms with Crippen molar-refractivity contribution in [2.45, 2.75) is 32.2 Å². The molecule has 33 heavy (non-hydrogen) atoms. The number of benzene rings is 2. The Kier molecular flexibility index (Phi) is 7.34. The Morgan fingerprint density at radius 2 is 1.82 bits per heavy atom. The Bertz CT molecular complexity index is 1030. The van der Waals surface area contributed by atoms with Crippen LogP contribution in [0.5, 0.6) is 5.75 Å². The molecule has 3 aromatic rings. The number of carbonyl (C=O) groups excluding carboxylic acids is 2. The van der Waals surface area contributed by atoms with E-state index in [2.05, 4.69) is 15.4 Å². The van der Waals surface area contributed by atoms with Gasteiger partial charge < -0.3 is 15.0 Å². The number of rotatable bonds is 8. The number of nitrogens with one attached hydrogen (secondary N) is 1. The van der Waals surface area contributed by atoms with Gasteiger partial charge in [0.15, 0.2) is 0 Å². The summed E-state index contributed by atoms with van der Waals surface area (Å²) in [5.41, 5.74) is 1.94. The maximum absolute atomic E-state index is 12.8. The number of carbonyl (C=O) groups is 2. The van der Waals surface area contributed by atoms with Gasteiger partial charge in [-0.2, -0.15) is 5.10 Å². The Balaban J connectivity index is 1.20. The van der Waals surface area contributed by atoms with Crippen LogP contribution < -0.4 is 10.1 Å². The molecule has 0 spiro atoms. The maximum atomic E-state index is 12.8. The fraction of sp³-hybridized carbons (Fsp3) is 0.360. The van der Waals surface area contributed by atoms with Crippen LogP contribution in [-0.2, 0) is 9.59 Å². The molecule has 172 valence electrons. The predicted octanol–water partition coefficient (Wildman–Crippen LogP) is 3.15. The van der Waals surface area contributed by atoms with Crippen LogP contribution in [0.2, 0.25) is 0 Å². The van der Waals surface area contributed by atoms with Gasteiger partial charge in [-0.15, -0.1) is 0 Å². The van der Waals surface area contributed by atoms with Gasteiger partial charge in [0.25, 0.3) is 0 Å². The minimum absolute atomic E-state index is 0.0439. The van der Waals surface area contributed by atoms with Gasteiger partial charge in [0.2, 0.25) is 11.8 Å². The van der Waals surface area contributed by atoms with E-state index in [0.717, 1.165) is 17.0 Å². The van der Waals surface area contributed by atoms with Gasteiger partial charge in [-0.1, -0.05) is 30.3 Å². The van der Waals surface area contributed by atoms with E-state index < -0.39 is 0 Å². The van der Waals surface area contributed by atoms with Crippen LogP contribution >= 0.6 is 0 Å². The summed E-state index contributed by atoms with van der Waals surface area (Å²) in [7, 11) is 0. The summed E-state index contributed by atoms with van der Waals surface area (Å²) in [4.78, 5) is 31.1. The summed E-state index contributed by atoms with van der Waals surface area (Å²) in [5.74, 6) is 0.808. The van der Waals surface area contributed by atoms with Crippen molar-refractivity contribution in [2.24, 2.45) is 5.92 Å². The van der Waals surface area contributed by atoms with E-state index in [9.17, 15) is 9.59 Å². The first-order valence-electron chi connectivity index (χ1n) is 11.3. The van der Waals surface area contributed by atoms with Crippen molar-refractivity contribution in [3.8, 4) is 11.4 Å². The molecule has 2 aromatic carbocycles. The number of hydrogen-bond donors (Lipinski definition) is 1. The third-order valence-electron chi connectivity index (χ3n) is 5.98. The van der Waals surface area contributed by atoms with Gasteiger partial charge in [-0.25, -0.2) is 9.67 Å². The normalized spacial score (nSPS) is 15.1. The molecule has 1 N–H and O–H groups in total. The number of ether oxygens (including phenoxy) is 1. The van der Waals surface area contributed by atoms with Crippen molar-refractivity contribution in [3.05, 3.63) is 72.8 Å². The molecule has 4 rings (SSSR count). The average Bonchev–Trinajstić information content (AvgIpc) is 3.40. The summed E-state index contributed by atoms with van der Waals surface area (Å²) in [6, 6.07) is 17.3. The fourth-order valence-electron chi connectivity index (χ4n) is 3.99. The zero-order valence-corrected chi connectivity index (χ0v) is 18.8. The standard InChI is InChI=1S/C25H29N5O3/c1-19(20-7-9-22(10-8-20)30-18-26-17-27-30)28-25(32)21-11-14-29(15-12-21)24(31)13-16-33-23-5-3-2-4-6-23/h2-10,17-19,21H,11-16H2,1H3,(H,28,32). The molecule has 2 heterocycles. The third kappa shape index (κ3) is 5.97. The number of aromatic nitrogens is 3. The SMILES string of the molecule is CC(NC(=O)C1CCN(C(=O)CCOc2ccccc2)CC1)c1ccc(-n2cncn2)cc1. The lowest BCUT2D eigenvalue weighted by Gasteiger charge is -2.32. The molecule has 1 fully saturated rings. The zero-order valence-electron chi connectivity index (χ0n) is 18.8. The van der Waals surface area contributed by atoms with Crippen molar-refractivity contribution in [1.82, 2.24) is 25.0 Å². The van der Waals surface area contributed by atoms with Crippen molar-refractivity contribution in [3.63, 3.8) is 0 Å². The third-order valence-corrected chi connectivity index (χ3v) is 5.98. The van der Waals surface area contributed by atoms with Crippen molar-refractivity contribution < 1.29 is 14.3 Å². The number of hydrogen-bond acceptors (Lipinski definition) is 5. The monoisotopic (exact) mass is 447 g/mol. The summed E-state index contributed by atoms with van der Waals surface area (Å²) in [6.07, 6.45) is 4.83. The molecule has 0 bridgehead atoms. The van der Waals surface area contributed by atoms with Crippen LogP contribution in [0.1, 0.15) is 37.8 Å². The lowest BCUT2D eigenvalue weighted by Crippen LogP contribution is -2.43. The smallest absolute Gasteiger partial charge is 0.225 e. The second kappa shape index (κ2) is 10.8. The van der Waals surface area contributed by atoms with E-state index in [1.54, 1.807) is 11.0 Å². The molecule has 0 saturated carbocycles. The van der Waals surface area contributed by atoms with Crippen LogP contribution in [0.25, 0.3) is 5.69 Å². The lowest BCUT2D eigenvalue weighted by atomic mass is 9.95.